The highest BCUT2D eigenvalue weighted by atomic mass is 19.4. The molecule has 7 rings (SSSR count). The van der Waals surface area contributed by atoms with Gasteiger partial charge in [0, 0.05) is 57.1 Å². The molecule has 4 aromatic rings. The molecule has 3 amide bonds. The summed E-state index contributed by atoms with van der Waals surface area (Å²) in [7, 11) is 0. The van der Waals surface area contributed by atoms with E-state index < -0.39 is 42.3 Å². The van der Waals surface area contributed by atoms with Crippen molar-refractivity contribution in [3.63, 3.8) is 0 Å². The second-order valence-corrected chi connectivity index (χ2v) is 14.5. The number of amides is 3. The number of nitrogens with two attached hydrogens (primary N) is 1. The summed E-state index contributed by atoms with van der Waals surface area (Å²) >= 11 is 0. The summed E-state index contributed by atoms with van der Waals surface area (Å²) in [4.78, 5) is 55.4. The van der Waals surface area contributed by atoms with Crippen molar-refractivity contribution in [2.75, 3.05) is 42.9 Å². The summed E-state index contributed by atoms with van der Waals surface area (Å²) < 4.78 is 46.3. The van der Waals surface area contributed by atoms with E-state index in [1.807, 2.05) is 65.6 Å². The third-order valence-corrected chi connectivity index (χ3v) is 10.7. The van der Waals surface area contributed by atoms with Gasteiger partial charge in [0.2, 0.25) is 11.9 Å². The van der Waals surface area contributed by atoms with Crippen molar-refractivity contribution in [3.8, 4) is 0 Å². The first-order valence-corrected chi connectivity index (χ1v) is 18.8. The number of imidazole rings is 1. The van der Waals surface area contributed by atoms with Gasteiger partial charge >= 0.3 is 18.2 Å². The van der Waals surface area contributed by atoms with Crippen LogP contribution < -0.4 is 26.6 Å². The maximum absolute atomic E-state index is 13.3. The number of aliphatic hydroxyl groups excluding tert-OH is 1. The normalized spacial score (nSPS) is 23.8. The number of aliphatic hydroxyl groups is 1. The van der Waals surface area contributed by atoms with Crippen molar-refractivity contribution in [2.24, 2.45) is 5.73 Å². The number of anilines is 2. The topological polar surface area (TPSA) is 193 Å². The fraction of sp³-hybridized carbons (Fsp3) is 0.474. The molecule has 6 atom stereocenters. The Morgan fingerprint density at radius 1 is 0.982 bits per heavy atom. The number of rotatable bonds is 11. The van der Waals surface area contributed by atoms with Crippen LogP contribution in [-0.4, -0.2) is 117 Å². The third-order valence-electron chi connectivity index (χ3n) is 10.7. The van der Waals surface area contributed by atoms with Crippen molar-refractivity contribution in [1.29, 1.82) is 0 Å². The Morgan fingerprint density at radius 3 is 2.30 bits per heavy atom. The SMILES string of the molecule is CCC(=O)N[C@H]1C[C@@H](n2cnc3c(NCC(c4ccccc4)c4ccccc4)nc(N4CC[C@@H](NC(=O)N5CC[C@H](N)C5)C4)nc32)[C@H](O)[C@@H]1OC(=O)C(F)(F)F. The highest BCUT2D eigenvalue weighted by molar-refractivity contribution is 5.85. The molecule has 298 valence electrons. The number of nitrogens with one attached hydrogen (secondary N) is 3. The lowest BCUT2D eigenvalue weighted by molar-refractivity contribution is -0.209. The highest BCUT2D eigenvalue weighted by Crippen LogP contribution is 2.38. The average Bonchev–Trinajstić information content (AvgIpc) is 4.00. The second-order valence-electron chi connectivity index (χ2n) is 14.5. The number of alkyl halides is 3. The standard InChI is InChI=1S/C38H45F3N10O5/c1-2-29(52)46-27-17-28(31(53)32(27)56-35(54)38(39,40)41)51-21-44-30-33(43-18-26(22-9-5-3-6-10-22)23-11-7-4-8-12-23)47-36(48-34(30)51)49-16-14-25(20-49)45-37(55)50-15-13-24(42)19-50/h3-12,21,24-28,31-32,53H,2,13-20,42H2,1H3,(H,45,55)(H,46,52)(H,43,47,48)/t24-,25+,27-,28+,31-,32+/m0/s1. The molecule has 56 heavy (non-hydrogen) atoms. The Hall–Kier alpha value is -5.49. The molecular weight excluding hydrogens is 733 g/mol. The molecule has 0 radical (unpaired) electrons. The highest BCUT2D eigenvalue weighted by Gasteiger charge is 2.51. The van der Waals surface area contributed by atoms with E-state index in [0.29, 0.717) is 56.4 Å². The molecule has 2 saturated heterocycles. The number of halogens is 3. The Kier molecular flexibility index (Phi) is 11.3. The maximum Gasteiger partial charge on any atom is 0.490 e. The number of fused-ring (bicyclic) bond motifs is 1. The van der Waals surface area contributed by atoms with Crippen LogP contribution in [0, 0.1) is 0 Å². The molecule has 0 bridgehead atoms. The van der Waals surface area contributed by atoms with E-state index in [1.165, 1.54) is 10.9 Å². The minimum Gasteiger partial charge on any atom is -0.451 e. The maximum atomic E-state index is 13.3. The number of esters is 1. The van der Waals surface area contributed by atoms with E-state index in [9.17, 15) is 32.7 Å². The van der Waals surface area contributed by atoms with Crippen molar-refractivity contribution in [2.45, 2.75) is 81.1 Å². The van der Waals surface area contributed by atoms with Crippen LogP contribution in [0.4, 0.5) is 29.7 Å². The first kappa shape index (κ1) is 38.8. The van der Waals surface area contributed by atoms with Crippen LogP contribution in [0.3, 0.4) is 0 Å². The Balaban J connectivity index is 1.22. The van der Waals surface area contributed by atoms with Gasteiger partial charge in [0.15, 0.2) is 23.1 Å². The van der Waals surface area contributed by atoms with Crippen molar-refractivity contribution < 1.29 is 37.4 Å². The van der Waals surface area contributed by atoms with Gasteiger partial charge in [0.25, 0.3) is 0 Å². The summed E-state index contributed by atoms with van der Waals surface area (Å²) in [6, 6.07) is 17.4. The number of carbonyl (C=O) groups is 3. The number of likely N-dealkylation sites (tertiary alicyclic amines) is 1. The van der Waals surface area contributed by atoms with Crippen LogP contribution in [0.2, 0.25) is 0 Å². The lowest BCUT2D eigenvalue weighted by Gasteiger charge is -2.24. The average molecular weight is 779 g/mol. The molecule has 3 fully saturated rings. The van der Waals surface area contributed by atoms with Gasteiger partial charge in [-0.05, 0) is 30.4 Å². The van der Waals surface area contributed by atoms with Gasteiger partial charge in [-0.25, -0.2) is 14.6 Å². The third kappa shape index (κ3) is 8.35. The number of aromatic nitrogens is 4. The number of hydrogen-bond donors (Lipinski definition) is 5. The van der Waals surface area contributed by atoms with Gasteiger partial charge in [-0.1, -0.05) is 67.6 Å². The molecule has 4 heterocycles. The zero-order chi connectivity index (χ0) is 39.6. The molecule has 1 aliphatic carbocycles. The van der Waals surface area contributed by atoms with E-state index in [0.717, 1.165) is 17.5 Å². The van der Waals surface area contributed by atoms with E-state index in [2.05, 4.69) is 20.9 Å². The summed E-state index contributed by atoms with van der Waals surface area (Å²) in [5, 5.41) is 20.7. The van der Waals surface area contributed by atoms with Crippen LogP contribution in [0.1, 0.15) is 55.7 Å². The van der Waals surface area contributed by atoms with Crippen LogP contribution in [-0.2, 0) is 14.3 Å². The van der Waals surface area contributed by atoms with Crippen LogP contribution in [0.25, 0.3) is 11.2 Å². The number of benzene rings is 2. The Morgan fingerprint density at radius 2 is 1.68 bits per heavy atom. The molecule has 1 saturated carbocycles. The summed E-state index contributed by atoms with van der Waals surface area (Å²) in [6.45, 7) is 3.94. The van der Waals surface area contributed by atoms with Gasteiger partial charge in [-0.2, -0.15) is 23.1 Å². The number of carbonyl (C=O) groups excluding carboxylic acids is 3. The van der Waals surface area contributed by atoms with E-state index in [-0.39, 0.29) is 42.5 Å². The van der Waals surface area contributed by atoms with Gasteiger partial charge < -0.3 is 45.9 Å². The zero-order valence-corrected chi connectivity index (χ0v) is 30.7. The number of urea groups is 1. The summed E-state index contributed by atoms with van der Waals surface area (Å²) in [5.41, 5.74) is 8.74. The van der Waals surface area contributed by atoms with Gasteiger partial charge in [0.1, 0.15) is 6.10 Å². The lowest BCUT2D eigenvalue weighted by Crippen LogP contribution is -2.47. The van der Waals surface area contributed by atoms with E-state index in [1.54, 1.807) is 11.8 Å². The Bertz CT molecular complexity index is 1980. The molecule has 15 nitrogen and oxygen atoms in total. The number of nitrogens with zero attached hydrogens (tertiary/aromatic N) is 6. The lowest BCUT2D eigenvalue weighted by atomic mass is 9.91. The predicted octanol–water partition coefficient (Wildman–Crippen LogP) is 3.07. The van der Waals surface area contributed by atoms with Gasteiger partial charge in [-0.3, -0.25) is 4.79 Å². The minimum absolute atomic E-state index is 0.0205. The fourth-order valence-electron chi connectivity index (χ4n) is 7.77. The number of ether oxygens (including phenoxy) is 1. The molecule has 0 unspecified atom stereocenters. The molecule has 0 spiro atoms. The smallest absolute Gasteiger partial charge is 0.451 e. The molecule has 2 aliphatic heterocycles. The second kappa shape index (κ2) is 16.3. The van der Waals surface area contributed by atoms with Gasteiger partial charge in [-0.15, -0.1) is 0 Å². The Labute approximate surface area is 320 Å². The molecular formula is C38H45F3N10O5. The van der Waals surface area contributed by atoms with Crippen LogP contribution >= 0.6 is 0 Å². The molecule has 2 aromatic heterocycles. The predicted molar refractivity (Wildman–Crippen MR) is 200 cm³/mol. The zero-order valence-electron chi connectivity index (χ0n) is 30.7. The van der Waals surface area contributed by atoms with E-state index in [4.69, 9.17) is 20.4 Å². The van der Waals surface area contributed by atoms with Crippen molar-refractivity contribution >= 4 is 40.8 Å². The van der Waals surface area contributed by atoms with Crippen LogP contribution in [0.5, 0.6) is 0 Å². The quantitative estimate of drug-likeness (QED) is 0.141. The van der Waals surface area contributed by atoms with Gasteiger partial charge in [0.05, 0.1) is 18.4 Å². The molecule has 3 aliphatic rings. The first-order valence-electron chi connectivity index (χ1n) is 18.8. The molecule has 18 heteroatoms. The molecule has 6 N–H and O–H groups in total. The minimum atomic E-state index is -5.31. The largest absolute Gasteiger partial charge is 0.490 e. The van der Waals surface area contributed by atoms with E-state index >= 15 is 0 Å². The summed E-state index contributed by atoms with van der Waals surface area (Å²) in [5.74, 6) is -2.37. The number of hydrogen-bond acceptors (Lipinski definition) is 11. The van der Waals surface area contributed by atoms with Crippen molar-refractivity contribution in [1.82, 2.24) is 35.1 Å². The summed E-state index contributed by atoms with van der Waals surface area (Å²) in [6.07, 6.45) is -5.98. The first-order chi connectivity index (χ1) is 26.9. The van der Waals surface area contributed by atoms with Crippen molar-refractivity contribution in [3.05, 3.63) is 78.1 Å². The van der Waals surface area contributed by atoms with Crippen LogP contribution in [0.15, 0.2) is 67.0 Å². The fourth-order valence-corrected chi connectivity index (χ4v) is 7.77. The monoisotopic (exact) mass is 778 g/mol. The molecule has 2 aromatic carbocycles.